The topological polar surface area (TPSA) is 85.6 Å². The zero-order valence-corrected chi connectivity index (χ0v) is 12.8. The summed E-state index contributed by atoms with van der Waals surface area (Å²) in [4.78, 5) is 34.7. The summed E-state index contributed by atoms with van der Waals surface area (Å²) in [7, 11) is 0. The number of Topliss-reactive ketones (excluding diaryl/α,β-unsaturated/α-hetero) is 1. The maximum absolute atomic E-state index is 12.0. The number of aliphatic hydroxyl groups is 1. The third-order valence-electron chi connectivity index (χ3n) is 3.16. The number of pyridine rings is 1. The van der Waals surface area contributed by atoms with Crippen LogP contribution in [0.2, 0.25) is 0 Å². The second kappa shape index (κ2) is 7.17. The van der Waals surface area contributed by atoms with E-state index in [9.17, 15) is 19.5 Å². The molecule has 0 aliphatic carbocycles. The number of ether oxygens (including phenoxy) is 1. The minimum absolute atomic E-state index is 0.140. The maximum Gasteiger partial charge on any atom is 0.340 e. The summed E-state index contributed by atoms with van der Waals surface area (Å²) in [6, 6.07) is 1.43. The van der Waals surface area contributed by atoms with Crippen LogP contribution in [0.25, 0.3) is 0 Å². The molecule has 2 aliphatic rings. The highest BCUT2D eigenvalue weighted by Gasteiger charge is 2.33. The van der Waals surface area contributed by atoms with Crippen molar-refractivity contribution in [3.8, 4) is 0 Å². The lowest BCUT2D eigenvalue weighted by atomic mass is 10.0. The van der Waals surface area contributed by atoms with Crippen molar-refractivity contribution in [2.45, 2.75) is 53.4 Å². The molecule has 1 unspecified atom stereocenters. The zero-order chi connectivity index (χ0) is 16.2. The van der Waals surface area contributed by atoms with E-state index >= 15 is 0 Å². The van der Waals surface area contributed by atoms with Gasteiger partial charge in [0.25, 0.3) is 5.56 Å². The number of ketones is 1. The smallest absolute Gasteiger partial charge is 0.340 e. The number of hydrogen-bond acceptors (Lipinski definition) is 5. The predicted molar refractivity (Wildman–Crippen MR) is 77.1 cm³/mol. The van der Waals surface area contributed by atoms with Gasteiger partial charge in [0.15, 0.2) is 11.9 Å². The molecule has 3 heterocycles. The highest BCUT2D eigenvalue weighted by atomic mass is 16.5. The first-order valence-corrected chi connectivity index (χ1v) is 7.24. The van der Waals surface area contributed by atoms with Gasteiger partial charge in [-0.25, -0.2) is 4.79 Å². The molecule has 116 valence electrons. The van der Waals surface area contributed by atoms with E-state index in [1.54, 1.807) is 0 Å². The summed E-state index contributed by atoms with van der Waals surface area (Å²) in [5, 5.41) is 9.64. The second-order valence-electron chi connectivity index (χ2n) is 4.10. The molecule has 6 nitrogen and oxygen atoms in total. The Morgan fingerprint density at radius 2 is 1.81 bits per heavy atom. The number of rotatable bonds is 0. The quantitative estimate of drug-likeness (QED) is 0.734. The molecular weight excluding hydrogens is 274 g/mol. The third-order valence-corrected chi connectivity index (χ3v) is 3.16. The number of nitrogens with zero attached hydrogens (tertiary/aromatic N) is 1. The van der Waals surface area contributed by atoms with Crippen molar-refractivity contribution in [1.82, 2.24) is 4.57 Å². The molecule has 0 spiro atoms. The fourth-order valence-corrected chi connectivity index (χ4v) is 2.24. The minimum atomic E-state index is -1.47. The minimum Gasteiger partial charge on any atom is -0.458 e. The lowest BCUT2D eigenvalue weighted by Crippen LogP contribution is -2.33. The summed E-state index contributed by atoms with van der Waals surface area (Å²) >= 11 is 0. The van der Waals surface area contributed by atoms with Crippen molar-refractivity contribution in [2.75, 3.05) is 0 Å². The van der Waals surface area contributed by atoms with Gasteiger partial charge in [0.05, 0.1) is 11.3 Å². The molecule has 0 saturated heterocycles. The van der Waals surface area contributed by atoms with Gasteiger partial charge in [-0.15, -0.1) is 0 Å². The fourth-order valence-electron chi connectivity index (χ4n) is 2.24. The number of fused-ring (bicyclic) bond motifs is 2. The van der Waals surface area contributed by atoms with Crippen molar-refractivity contribution in [3.05, 3.63) is 33.2 Å². The number of carbonyl (C=O) groups is 2. The molecule has 1 aromatic rings. The van der Waals surface area contributed by atoms with Gasteiger partial charge in [-0.3, -0.25) is 9.59 Å². The normalized spacial score (nSPS) is 18.4. The summed E-state index contributed by atoms with van der Waals surface area (Å²) in [6.45, 7) is 8.21. The van der Waals surface area contributed by atoms with E-state index < -0.39 is 12.1 Å². The van der Waals surface area contributed by atoms with Gasteiger partial charge in [0.1, 0.15) is 6.61 Å². The number of hydrogen-bond donors (Lipinski definition) is 1. The summed E-state index contributed by atoms with van der Waals surface area (Å²) < 4.78 is 6.06. The molecular formula is C15H21NO5. The van der Waals surface area contributed by atoms with Crippen LogP contribution in [0.15, 0.2) is 10.9 Å². The van der Waals surface area contributed by atoms with Gasteiger partial charge in [-0.05, 0) is 6.07 Å². The van der Waals surface area contributed by atoms with Crippen molar-refractivity contribution >= 4 is 11.8 Å². The van der Waals surface area contributed by atoms with Crippen LogP contribution in [-0.4, -0.2) is 21.4 Å². The zero-order valence-electron chi connectivity index (χ0n) is 12.8. The molecule has 1 aromatic heterocycles. The molecule has 3 rings (SSSR count). The average Bonchev–Trinajstić information content (AvgIpc) is 2.90. The first-order valence-electron chi connectivity index (χ1n) is 7.24. The standard InChI is InChI=1S/C11H9NO5.2C2H6/c13-8-1-2-12-7(8)3-5-6(10(12)15)4-17-11(16)9(5)14;2*1-2/h3,9,14H,1-2,4H2;2*1-2H3. The lowest BCUT2D eigenvalue weighted by molar-refractivity contribution is -0.157. The Bertz CT molecular complexity index is 603. The third kappa shape index (κ3) is 2.90. The summed E-state index contributed by atoms with van der Waals surface area (Å²) in [5.41, 5.74) is 0.376. The Kier molecular flexibility index (Phi) is 5.84. The molecule has 6 heteroatoms. The number of aliphatic hydroxyl groups excluding tert-OH is 1. The highest BCUT2D eigenvalue weighted by molar-refractivity contribution is 5.96. The van der Waals surface area contributed by atoms with Crippen molar-refractivity contribution < 1.29 is 19.4 Å². The van der Waals surface area contributed by atoms with E-state index in [1.807, 2.05) is 27.7 Å². The first-order chi connectivity index (χ1) is 10.1. The van der Waals surface area contributed by atoms with E-state index in [2.05, 4.69) is 0 Å². The molecule has 1 N–H and O–H groups in total. The molecule has 0 aromatic carbocycles. The predicted octanol–water partition coefficient (Wildman–Crippen LogP) is 1.58. The monoisotopic (exact) mass is 295 g/mol. The van der Waals surface area contributed by atoms with Crippen LogP contribution in [0.1, 0.15) is 61.8 Å². The van der Waals surface area contributed by atoms with E-state index in [1.165, 1.54) is 10.6 Å². The number of esters is 1. The first kappa shape index (κ1) is 17.1. The van der Waals surface area contributed by atoms with Crippen molar-refractivity contribution in [1.29, 1.82) is 0 Å². The van der Waals surface area contributed by atoms with Crippen LogP contribution >= 0.6 is 0 Å². The molecule has 0 fully saturated rings. The summed E-state index contributed by atoms with van der Waals surface area (Å²) in [6.07, 6.45) is -1.19. The Morgan fingerprint density at radius 3 is 2.43 bits per heavy atom. The Balaban J connectivity index is 0.000000510. The average molecular weight is 295 g/mol. The van der Waals surface area contributed by atoms with Gasteiger partial charge >= 0.3 is 5.97 Å². The van der Waals surface area contributed by atoms with Crippen molar-refractivity contribution in [2.24, 2.45) is 0 Å². The molecule has 1 atom stereocenters. The molecule has 0 saturated carbocycles. The van der Waals surface area contributed by atoms with Gasteiger partial charge in [0, 0.05) is 18.5 Å². The largest absolute Gasteiger partial charge is 0.458 e. The SMILES string of the molecule is CC.CC.O=C1CCn2c1cc1c(c2=O)COC(=O)C1O. The molecule has 0 bridgehead atoms. The maximum atomic E-state index is 12.0. The Morgan fingerprint density at radius 1 is 1.19 bits per heavy atom. The van der Waals surface area contributed by atoms with Crippen LogP contribution in [0.5, 0.6) is 0 Å². The highest BCUT2D eigenvalue weighted by Crippen LogP contribution is 2.26. The van der Waals surface area contributed by atoms with E-state index in [0.29, 0.717) is 6.54 Å². The van der Waals surface area contributed by atoms with Crippen molar-refractivity contribution in [3.63, 3.8) is 0 Å². The van der Waals surface area contributed by atoms with Crippen LogP contribution in [0.4, 0.5) is 0 Å². The fraction of sp³-hybridized carbons (Fsp3) is 0.533. The number of cyclic esters (lactones) is 1. The van der Waals surface area contributed by atoms with Crippen LogP contribution in [0, 0.1) is 0 Å². The van der Waals surface area contributed by atoms with Gasteiger partial charge in [0.2, 0.25) is 0 Å². The van der Waals surface area contributed by atoms with Crippen LogP contribution in [-0.2, 0) is 22.7 Å². The molecule has 21 heavy (non-hydrogen) atoms. The number of aromatic nitrogens is 1. The Labute approximate surface area is 123 Å². The van der Waals surface area contributed by atoms with Crippen LogP contribution < -0.4 is 5.56 Å². The number of carbonyl (C=O) groups excluding carboxylic acids is 2. The molecule has 0 radical (unpaired) electrons. The molecule has 2 aliphatic heterocycles. The Hall–Kier alpha value is -1.95. The van der Waals surface area contributed by atoms with E-state index in [-0.39, 0.29) is 41.2 Å². The van der Waals surface area contributed by atoms with E-state index in [0.717, 1.165) is 0 Å². The van der Waals surface area contributed by atoms with Crippen LogP contribution in [0.3, 0.4) is 0 Å². The van der Waals surface area contributed by atoms with E-state index in [4.69, 9.17) is 4.74 Å². The second-order valence-corrected chi connectivity index (χ2v) is 4.10. The molecule has 0 amide bonds. The lowest BCUT2D eigenvalue weighted by Gasteiger charge is -2.21. The van der Waals surface area contributed by atoms with Gasteiger partial charge < -0.3 is 14.4 Å². The van der Waals surface area contributed by atoms with Gasteiger partial charge in [-0.2, -0.15) is 0 Å². The summed E-state index contributed by atoms with van der Waals surface area (Å²) in [5.74, 6) is -0.927. The van der Waals surface area contributed by atoms with Gasteiger partial charge in [-0.1, -0.05) is 27.7 Å².